The third-order valence-corrected chi connectivity index (χ3v) is 7.43. The number of para-hydroxylation sites is 1. The smallest absolute Gasteiger partial charge is 0.244 e. The van der Waals surface area contributed by atoms with Gasteiger partial charge in [0, 0.05) is 32.0 Å². The van der Waals surface area contributed by atoms with Gasteiger partial charge in [0.25, 0.3) is 0 Å². The standard InChI is InChI=1S/C25H31N5O4S/c1-17-10-11-21(20(16-17)34-3)35(31,32)27-13-6-7-14-30-22(12-15-33-2)29-23-24(30)18-8-4-5-9-19(18)28-25(23)26/h4-5,8-11,16,27H,6-7,12-15H2,1-3H3,(H2,26,28). The number of anilines is 1. The van der Waals surface area contributed by atoms with Gasteiger partial charge in [-0.15, -0.1) is 0 Å². The van der Waals surface area contributed by atoms with Crippen LogP contribution in [0.15, 0.2) is 47.4 Å². The van der Waals surface area contributed by atoms with Gasteiger partial charge in [-0.3, -0.25) is 0 Å². The number of pyridine rings is 1. The van der Waals surface area contributed by atoms with E-state index in [0.717, 1.165) is 34.2 Å². The van der Waals surface area contributed by atoms with Crippen molar-refractivity contribution >= 4 is 37.8 Å². The van der Waals surface area contributed by atoms with Gasteiger partial charge >= 0.3 is 0 Å². The fourth-order valence-electron chi connectivity index (χ4n) is 4.21. The molecule has 0 atom stereocenters. The summed E-state index contributed by atoms with van der Waals surface area (Å²) in [5.41, 5.74) is 9.62. The fourth-order valence-corrected chi connectivity index (χ4v) is 5.43. The van der Waals surface area contributed by atoms with Gasteiger partial charge in [-0.2, -0.15) is 0 Å². The van der Waals surface area contributed by atoms with Gasteiger partial charge in [0.1, 0.15) is 22.0 Å². The van der Waals surface area contributed by atoms with E-state index in [1.54, 1.807) is 25.3 Å². The van der Waals surface area contributed by atoms with Crippen LogP contribution in [-0.2, 0) is 27.7 Å². The molecular weight excluding hydrogens is 466 g/mol. The molecule has 0 unspecified atom stereocenters. The van der Waals surface area contributed by atoms with Gasteiger partial charge in [0.2, 0.25) is 10.0 Å². The highest BCUT2D eigenvalue weighted by Crippen LogP contribution is 2.29. The first-order valence-electron chi connectivity index (χ1n) is 11.5. The predicted octanol–water partition coefficient (Wildman–Crippen LogP) is 3.43. The van der Waals surface area contributed by atoms with Crippen molar-refractivity contribution in [3.63, 3.8) is 0 Å². The number of imidazole rings is 1. The number of nitrogens with zero attached hydrogens (tertiary/aromatic N) is 3. The molecule has 0 aliphatic carbocycles. The lowest BCUT2D eigenvalue weighted by Gasteiger charge is -2.13. The lowest BCUT2D eigenvalue weighted by atomic mass is 10.2. The number of nitrogens with two attached hydrogens (primary N) is 1. The van der Waals surface area contributed by atoms with Crippen molar-refractivity contribution in [2.75, 3.05) is 33.1 Å². The van der Waals surface area contributed by atoms with Gasteiger partial charge in [-0.25, -0.2) is 23.1 Å². The first-order chi connectivity index (χ1) is 16.9. The predicted molar refractivity (Wildman–Crippen MR) is 137 cm³/mol. The van der Waals surface area contributed by atoms with E-state index in [0.29, 0.717) is 49.6 Å². The fraction of sp³-hybridized carbons (Fsp3) is 0.360. The van der Waals surface area contributed by atoms with Crippen molar-refractivity contribution in [3.05, 3.63) is 53.9 Å². The maximum absolute atomic E-state index is 12.8. The Kier molecular flexibility index (Phi) is 7.54. The largest absolute Gasteiger partial charge is 0.495 e. The van der Waals surface area contributed by atoms with E-state index in [2.05, 4.69) is 14.3 Å². The van der Waals surface area contributed by atoms with Crippen LogP contribution < -0.4 is 15.2 Å². The second-order valence-corrected chi connectivity index (χ2v) is 10.1. The van der Waals surface area contributed by atoms with Crippen LogP contribution in [0.2, 0.25) is 0 Å². The quantitative estimate of drug-likeness (QED) is 0.305. The van der Waals surface area contributed by atoms with Crippen molar-refractivity contribution in [2.24, 2.45) is 0 Å². The summed E-state index contributed by atoms with van der Waals surface area (Å²) in [6, 6.07) is 12.9. The highest BCUT2D eigenvalue weighted by molar-refractivity contribution is 7.89. The molecule has 0 fully saturated rings. The van der Waals surface area contributed by atoms with E-state index in [4.69, 9.17) is 20.2 Å². The number of unbranched alkanes of at least 4 members (excludes halogenated alkanes) is 1. The van der Waals surface area contributed by atoms with Crippen LogP contribution in [0.3, 0.4) is 0 Å². The molecule has 4 aromatic rings. The zero-order chi connectivity index (χ0) is 25.0. The summed E-state index contributed by atoms with van der Waals surface area (Å²) in [7, 11) is -0.550. The molecule has 0 bridgehead atoms. The Morgan fingerprint density at radius 1 is 1.09 bits per heavy atom. The summed E-state index contributed by atoms with van der Waals surface area (Å²) in [6.45, 7) is 3.40. The molecule has 4 rings (SSSR count). The van der Waals surface area contributed by atoms with Crippen LogP contribution in [0, 0.1) is 6.92 Å². The van der Waals surface area contributed by atoms with Crippen LogP contribution in [-0.4, -0.2) is 50.3 Å². The average molecular weight is 498 g/mol. The number of ether oxygens (including phenoxy) is 2. The number of aromatic nitrogens is 3. The van der Waals surface area contributed by atoms with E-state index in [1.165, 1.54) is 7.11 Å². The molecular formula is C25H31N5O4S. The summed E-state index contributed by atoms with van der Waals surface area (Å²) < 4.78 is 41.0. The maximum atomic E-state index is 12.8. The third kappa shape index (κ3) is 5.24. The molecule has 9 nitrogen and oxygen atoms in total. The molecule has 0 radical (unpaired) electrons. The second kappa shape index (κ2) is 10.6. The van der Waals surface area contributed by atoms with Crippen molar-refractivity contribution in [2.45, 2.75) is 37.6 Å². The number of fused-ring (bicyclic) bond motifs is 3. The number of aryl methyl sites for hydroxylation is 2. The van der Waals surface area contributed by atoms with Crippen molar-refractivity contribution in [3.8, 4) is 5.75 Å². The number of nitrogen functional groups attached to an aromatic ring is 1. The van der Waals surface area contributed by atoms with Crippen molar-refractivity contribution in [1.29, 1.82) is 0 Å². The Labute approximate surface area is 205 Å². The molecule has 10 heteroatoms. The molecule has 0 amide bonds. The number of rotatable bonds is 11. The number of hydrogen-bond donors (Lipinski definition) is 2. The highest BCUT2D eigenvalue weighted by Gasteiger charge is 2.20. The first kappa shape index (κ1) is 24.9. The molecule has 186 valence electrons. The Morgan fingerprint density at radius 3 is 2.66 bits per heavy atom. The molecule has 35 heavy (non-hydrogen) atoms. The minimum absolute atomic E-state index is 0.141. The Morgan fingerprint density at radius 2 is 1.89 bits per heavy atom. The normalized spacial score (nSPS) is 12.0. The first-order valence-corrected chi connectivity index (χ1v) is 13.0. The molecule has 2 aromatic heterocycles. The molecule has 2 aromatic carbocycles. The Bertz CT molecular complexity index is 1450. The van der Waals surface area contributed by atoms with E-state index < -0.39 is 10.0 Å². The van der Waals surface area contributed by atoms with E-state index in [1.807, 2.05) is 31.2 Å². The van der Waals surface area contributed by atoms with Gasteiger partial charge < -0.3 is 19.8 Å². The summed E-state index contributed by atoms with van der Waals surface area (Å²) >= 11 is 0. The van der Waals surface area contributed by atoms with E-state index >= 15 is 0 Å². The molecule has 2 heterocycles. The average Bonchev–Trinajstić information content (AvgIpc) is 3.21. The molecule has 0 spiro atoms. The van der Waals surface area contributed by atoms with Gasteiger partial charge in [0.15, 0.2) is 5.82 Å². The Balaban J connectivity index is 1.51. The van der Waals surface area contributed by atoms with Crippen LogP contribution in [0.4, 0.5) is 5.82 Å². The van der Waals surface area contributed by atoms with Crippen LogP contribution >= 0.6 is 0 Å². The topological polar surface area (TPSA) is 121 Å². The molecule has 0 aliphatic heterocycles. The molecule has 0 saturated carbocycles. The van der Waals surface area contributed by atoms with E-state index in [9.17, 15) is 8.42 Å². The zero-order valence-electron chi connectivity index (χ0n) is 20.2. The summed E-state index contributed by atoms with van der Waals surface area (Å²) in [5.74, 6) is 1.61. The highest BCUT2D eigenvalue weighted by atomic mass is 32.2. The monoisotopic (exact) mass is 497 g/mol. The summed E-state index contributed by atoms with van der Waals surface area (Å²) in [4.78, 5) is 9.42. The number of hydrogen-bond acceptors (Lipinski definition) is 7. The summed E-state index contributed by atoms with van der Waals surface area (Å²) in [5, 5.41) is 0.986. The van der Waals surface area contributed by atoms with Crippen LogP contribution in [0.25, 0.3) is 21.9 Å². The number of sulfonamides is 1. The van der Waals surface area contributed by atoms with Crippen LogP contribution in [0.5, 0.6) is 5.75 Å². The number of benzene rings is 2. The van der Waals surface area contributed by atoms with Gasteiger partial charge in [0.05, 0.1) is 24.8 Å². The van der Waals surface area contributed by atoms with Gasteiger partial charge in [-0.1, -0.05) is 24.3 Å². The third-order valence-electron chi connectivity index (χ3n) is 5.93. The molecule has 0 saturated heterocycles. The van der Waals surface area contributed by atoms with Crippen molar-refractivity contribution < 1.29 is 17.9 Å². The lowest BCUT2D eigenvalue weighted by Crippen LogP contribution is -2.25. The summed E-state index contributed by atoms with van der Waals surface area (Å²) in [6.07, 6.45) is 2.03. The zero-order valence-corrected chi connectivity index (χ0v) is 21.1. The van der Waals surface area contributed by atoms with Crippen LogP contribution in [0.1, 0.15) is 24.2 Å². The molecule has 3 N–H and O–H groups in total. The van der Waals surface area contributed by atoms with E-state index in [-0.39, 0.29) is 4.90 Å². The minimum atomic E-state index is -3.68. The minimum Gasteiger partial charge on any atom is -0.495 e. The van der Waals surface area contributed by atoms with Crippen molar-refractivity contribution in [1.82, 2.24) is 19.3 Å². The Hall–Kier alpha value is -3.21. The second-order valence-electron chi connectivity index (χ2n) is 8.39. The SMILES string of the molecule is COCCc1nc2c(N)nc3ccccc3c2n1CCCCNS(=O)(=O)c1ccc(C)cc1OC. The number of methoxy groups -OCH3 is 2. The van der Waals surface area contributed by atoms with Gasteiger partial charge in [-0.05, 0) is 43.5 Å². The maximum Gasteiger partial charge on any atom is 0.244 e. The molecule has 0 aliphatic rings. The lowest BCUT2D eigenvalue weighted by molar-refractivity contribution is 0.199. The number of nitrogens with one attached hydrogen (secondary N) is 1.